The summed E-state index contributed by atoms with van der Waals surface area (Å²) in [6, 6.07) is 12.6. The first-order chi connectivity index (χ1) is 14.4. The number of hydrogen-bond acceptors (Lipinski definition) is 7. The molecule has 7 nitrogen and oxygen atoms in total. The third-order valence-electron chi connectivity index (χ3n) is 4.32. The highest BCUT2D eigenvalue weighted by atomic mass is 35.5. The van der Waals surface area contributed by atoms with Crippen molar-refractivity contribution in [3.05, 3.63) is 87.1 Å². The Kier molecular flexibility index (Phi) is 5.20. The van der Waals surface area contributed by atoms with Gasteiger partial charge in [-0.2, -0.15) is 0 Å². The molecule has 2 aromatic carbocycles. The van der Waals surface area contributed by atoms with Gasteiger partial charge in [-0.1, -0.05) is 11.6 Å². The van der Waals surface area contributed by atoms with E-state index in [0.29, 0.717) is 33.3 Å². The maximum atomic E-state index is 12.7. The van der Waals surface area contributed by atoms with E-state index in [9.17, 15) is 14.7 Å². The van der Waals surface area contributed by atoms with E-state index >= 15 is 0 Å². The van der Waals surface area contributed by atoms with Crippen molar-refractivity contribution in [1.29, 1.82) is 0 Å². The van der Waals surface area contributed by atoms with Crippen LogP contribution in [0.4, 0.5) is 0 Å². The number of carbonyl (C=O) groups excluding carboxylic acids is 1. The minimum Gasteiger partial charge on any atom is -0.542 e. The van der Waals surface area contributed by atoms with Crippen LogP contribution in [0.5, 0.6) is 17.2 Å². The average molecular weight is 426 g/mol. The van der Waals surface area contributed by atoms with E-state index in [1.54, 1.807) is 36.4 Å². The molecule has 0 atom stereocenters. The molecule has 0 spiro atoms. The Hall–Kier alpha value is -3.71. The molecule has 0 saturated carbocycles. The van der Waals surface area contributed by atoms with Crippen LogP contribution < -0.4 is 20.0 Å². The lowest BCUT2D eigenvalue weighted by molar-refractivity contribution is -0.257. The Morgan fingerprint density at radius 1 is 1.10 bits per heavy atom. The van der Waals surface area contributed by atoms with Crippen LogP contribution in [0.15, 0.2) is 68.4 Å². The van der Waals surface area contributed by atoms with E-state index in [0.717, 1.165) is 5.56 Å². The van der Waals surface area contributed by atoms with Crippen molar-refractivity contribution in [2.24, 2.45) is 0 Å². The van der Waals surface area contributed by atoms with Gasteiger partial charge in [0.2, 0.25) is 11.2 Å². The predicted molar refractivity (Wildman–Crippen MR) is 106 cm³/mol. The molecule has 0 radical (unpaired) electrons. The average Bonchev–Trinajstić information content (AvgIpc) is 3.21. The topological polar surface area (TPSA) is 102 Å². The van der Waals surface area contributed by atoms with Gasteiger partial charge in [-0.05, 0) is 55.0 Å². The van der Waals surface area contributed by atoms with E-state index in [4.69, 9.17) is 29.9 Å². The first-order valence-corrected chi connectivity index (χ1v) is 9.21. The summed E-state index contributed by atoms with van der Waals surface area (Å²) in [5.41, 5.74) is 0.802. The summed E-state index contributed by atoms with van der Waals surface area (Å²) in [5, 5.41) is 11.7. The molecule has 0 unspecified atom stereocenters. The zero-order valence-electron chi connectivity index (χ0n) is 15.6. The molecule has 0 aliphatic rings. The van der Waals surface area contributed by atoms with E-state index < -0.39 is 5.97 Å². The van der Waals surface area contributed by atoms with Crippen LogP contribution in [0.1, 0.15) is 21.9 Å². The van der Waals surface area contributed by atoms with Gasteiger partial charge in [0.25, 0.3) is 0 Å². The minimum absolute atomic E-state index is 0.000130. The summed E-state index contributed by atoms with van der Waals surface area (Å²) in [6.07, 6.45) is 1.23. The molecule has 8 heteroatoms. The van der Waals surface area contributed by atoms with Crippen molar-refractivity contribution >= 4 is 28.5 Å². The highest BCUT2D eigenvalue weighted by molar-refractivity contribution is 6.31. The lowest BCUT2D eigenvalue weighted by atomic mass is 10.2. The number of benzene rings is 2. The molecule has 2 heterocycles. The molecule has 30 heavy (non-hydrogen) atoms. The van der Waals surface area contributed by atoms with Gasteiger partial charge < -0.3 is 28.2 Å². The molecule has 0 amide bonds. The summed E-state index contributed by atoms with van der Waals surface area (Å²) >= 11 is 6.01. The Morgan fingerprint density at radius 2 is 1.90 bits per heavy atom. The van der Waals surface area contributed by atoms with Crippen LogP contribution in [0.25, 0.3) is 11.0 Å². The molecule has 0 aliphatic carbocycles. The fourth-order valence-electron chi connectivity index (χ4n) is 2.78. The van der Waals surface area contributed by atoms with Gasteiger partial charge in [-0.15, -0.1) is 0 Å². The minimum atomic E-state index is -1.40. The SMILES string of the molecule is Cc1cc(Oc2coc3cc(OCc4ccc(C(=O)[O-])o4)ccc3c2=O)ccc1Cl. The first-order valence-electron chi connectivity index (χ1n) is 8.83. The smallest absolute Gasteiger partial charge is 0.235 e. The second-order valence-corrected chi connectivity index (χ2v) is 6.85. The summed E-state index contributed by atoms with van der Waals surface area (Å²) < 4.78 is 21.8. The summed E-state index contributed by atoms with van der Waals surface area (Å²) in [4.78, 5) is 23.5. The standard InChI is InChI=1S/C22H15ClO7/c1-12-8-14(3-6-17(12)23)29-20-11-28-19-9-13(2-5-16(19)21(20)24)27-10-15-4-7-18(30-15)22(25)26/h2-9,11H,10H2,1H3,(H,25,26)/p-1. The number of aromatic carboxylic acids is 1. The lowest BCUT2D eigenvalue weighted by Gasteiger charge is -2.08. The van der Waals surface area contributed by atoms with Crippen molar-refractivity contribution in [3.8, 4) is 17.2 Å². The van der Waals surface area contributed by atoms with Crippen LogP contribution in [0.3, 0.4) is 0 Å². The van der Waals surface area contributed by atoms with Crippen molar-refractivity contribution in [1.82, 2.24) is 0 Å². The van der Waals surface area contributed by atoms with Crippen molar-refractivity contribution in [3.63, 3.8) is 0 Å². The number of fused-ring (bicyclic) bond motifs is 1. The fraction of sp³-hybridized carbons (Fsp3) is 0.0909. The van der Waals surface area contributed by atoms with E-state index in [2.05, 4.69) is 0 Å². The highest BCUT2D eigenvalue weighted by Crippen LogP contribution is 2.27. The highest BCUT2D eigenvalue weighted by Gasteiger charge is 2.11. The summed E-state index contributed by atoms with van der Waals surface area (Å²) in [6.45, 7) is 1.84. The van der Waals surface area contributed by atoms with Crippen molar-refractivity contribution in [2.45, 2.75) is 13.5 Å². The maximum Gasteiger partial charge on any atom is 0.235 e. The number of halogens is 1. The summed E-state index contributed by atoms with van der Waals surface area (Å²) in [7, 11) is 0. The molecule has 0 bridgehead atoms. The number of carboxylic acids is 1. The molecule has 4 aromatic rings. The van der Waals surface area contributed by atoms with Crippen molar-refractivity contribution < 1.29 is 28.2 Å². The molecular formula is C22H14ClO7-. The number of carbonyl (C=O) groups is 1. The Morgan fingerprint density at radius 3 is 2.63 bits per heavy atom. The Balaban J connectivity index is 1.53. The molecule has 0 aliphatic heterocycles. The van der Waals surface area contributed by atoms with E-state index in [-0.39, 0.29) is 23.5 Å². The molecule has 152 valence electrons. The fourth-order valence-corrected chi connectivity index (χ4v) is 2.90. The number of carboxylic acid groups (broad SMARTS) is 1. The zero-order chi connectivity index (χ0) is 21.3. The molecular weight excluding hydrogens is 412 g/mol. The monoisotopic (exact) mass is 425 g/mol. The van der Waals surface area contributed by atoms with Gasteiger partial charge in [0, 0.05) is 11.1 Å². The molecule has 0 N–H and O–H groups in total. The number of hydrogen-bond donors (Lipinski definition) is 0. The van der Waals surface area contributed by atoms with Crippen LogP contribution in [-0.4, -0.2) is 5.97 Å². The summed E-state index contributed by atoms with van der Waals surface area (Å²) in [5.74, 6) is -0.431. The third kappa shape index (κ3) is 4.01. The largest absolute Gasteiger partial charge is 0.542 e. The van der Waals surface area contributed by atoms with Gasteiger partial charge >= 0.3 is 0 Å². The predicted octanol–water partition coefficient (Wildman–Crippen LogP) is 4.08. The second kappa shape index (κ2) is 7.96. The Labute approximate surface area is 175 Å². The molecule has 4 rings (SSSR count). The quantitative estimate of drug-likeness (QED) is 0.458. The van der Waals surface area contributed by atoms with Gasteiger partial charge in [0.05, 0.1) is 5.39 Å². The molecule has 0 fully saturated rings. The maximum absolute atomic E-state index is 12.7. The van der Waals surface area contributed by atoms with Gasteiger partial charge in [-0.25, -0.2) is 0 Å². The zero-order valence-corrected chi connectivity index (χ0v) is 16.4. The second-order valence-electron chi connectivity index (χ2n) is 6.44. The normalized spacial score (nSPS) is 10.9. The van der Waals surface area contributed by atoms with Gasteiger partial charge in [-0.3, -0.25) is 4.79 Å². The lowest BCUT2D eigenvalue weighted by Crippen LogP contribution is -2.21. The number of rotatable bonds is 6. The number of ether oxygens (including phenoxy) is 2. The third-order valence-corrected chi connectivity index (χ3v) is 4.74. The van der Waals surface area contributed by atoms with Crippen molar-refractivity contribution in [2.75, 3.05) is 0 Å². The van der Waals surface area contributed by atoms with Gasteiger partial charge in [0.1, 0.15) is 47.4 Å². The first kappa shape index (κ1) is 19.6. The van der Waals surface area contributed by atoms with Crippen LogP contribution in [0, 0.1) is 6.92 Å². The Bertz CT molecular complexity index is 1300. The van der Waals surface area contributed by atoms with Crippen LogP contribution in [0.2, 0.25) is 5.02 Å². The van der Waals surface area contributed by atoms with E-state index in [1.165, 1.54) is 18.4 Å². The number of furan rings is 1. The van der Waals surface area contributed by atoms with Gasteiger partial charge in [0.15, 0.2) is 0 Å². The molecule has 0 saturated heterocycles. The number of aryl methyl sites for hydroxylation is 1. The van der Waals surface area contributed by atoms with Crippen LogP contribution >= 0.6 is 11.6 Å². The van der Waals surface area contributed by atoms with E-state index in [1.807, 2.05) is 6.92 Å². The molecule has 2 aromatic heterocycles. The van der Waals surface area contributed by atoms with Crippen LogP contribution in [-0.2, 0) is 6.61 Å².